The second kappa shape index (κ2) is 66.1. The Morgan fingerprint density at radius 2 is 0.621 bits per heavy atom. The SMILES string of the molecule is CC/C=C\C/C=C\C/C=C\C/C=C\C/C=C\C/C=C\C/C=C\C/C=C\C/C=C\C/C=C\CCCCC(=O)OC(COC(=O)CCCCCCCCCCCC/C=C\C/C=C\C/C=C\C/C=C\C/C=C\C/C=C\CC)COC(OCC[N+](C)(C)C)C(=O)O. The molecule has 0 aliphatic rings. The van der Waals surface area contributed by atoms with E-state index in [4.69, 9.17) is 18.9 Å². The molecule has 0 aromatic carbocycles. The number of allylic oxidation sites excluding steroid dienone is 32. The van der Waals surface area contributed by atoms with Crippen LogP contribution in [0.1, 0.15) is 219 Å². The van der Waals surface area contributed by atoms with E-state index in [9.17, 15) is 19.5 Å². The van der Waals surface area contributed by atoms with Gasteiger partial charge >= 0.3 is 17.9 Å². The standard InChI is InChI=1S/C78H121NO8/c1-6-8-10-12-14-16-18-20-22-24-26-28-30-32-34-36-37-38-39-41-43-45-47-49-51-53-55-57-59-61-63-65-67-69-76(81)87-74(73-86-78(77(82)83)84-71-70-79(3,4)5)72-85-75(80)68-66-64-62-60-58-56-54-52-50-48-46-44-42-40-35-33-31-29-27-25-23-21-19-17-15-13-11-9-7-2/h8-11,14-17,20-23,26-29,32-35,37-38,41-44,47,49,53,55,59,61,74,78H,6-7,12-13,18-19,24-25,30-31,36,39-40,45-46,48,50-52,54,56-58,60,62-73H2,1-5H3/p+1/b10-8-,11-9-,16-14-,17-15-,22-20-,23-21-,28-26-,29-27-,34-32-,35-33-,38-37-,43-41-,44-42-,49-47-,55-53-,61-59-. The Balaban J connectivity index is 4.33. The molecule has 9 nitrogen and oxygen atoms in total. The predicted octanol–water partition coefficient (Wildman–Crippen LogP) is 21.0. The van der Waals surface area contributed by atoms with Crippen molar-refractivity contribution < 1.29 is 42.9 Å². The van der Waals surface area contributed by atoms with Crippen LogP contribution in [0, 0.1) is 0 Å². The number of rotatable bonds is 59. The molecule has 9 heteroatoms. The van der Waals surface area contributed by atoms with Crippen LogP contribution in [0.25, 0.3) is 0 Å². The second-order valence-electron chi connectivity index (χ2n) is 22.7. The van der Waals surface area contributed by atoms with Gasteiger partial charge in [0.05, 0.1) is 34.4 Å². The minimum atomic E-state index is -1.54. The van der Waals surface area contributed by atoms with Crippen molar-refractivity contribution in [3.05, 3.63) is 194 Å². The van der Waals surface area contributed by atoms with Gasteiger partial charge in [-0.25, -0.2) is 4.79 Å². The van der Waals surface area contributed by atoms with Crippen molar-refractivity contribution in [2.24, 2.45) is 0 Å². The van der Waals surface area contributed by atoms with Gasteiger partial charge in [-0.1, -0.05) is 260 Å². The van der Waals surface area contributed by atoms with E-state index in [2.05, 4.69) is 208 Å². The summed E-state index contributed by atoms with van der Waals surface area (Å²) in [6.07, 6.45) is 99.6. The third kappa shape index (κ3) is 67.5. The van der Waals surface area contributed by atoms with Gasteiger partial charge in [-0.2, -0.15) is 0 Å². The summed E-state index contributed by atoms with van der Waals surface area (Å²) in [5.41, 5.74) is 0. The van der Waals surface area contributed by atoms with Gasteiger partial charge in [0, 0.05) is 12.8 Å². The first-order chi connectivity index (χ1) is 42.6. The molecule has 0 aliphatic heterocycles. The van der Waals surface area contributed by atoms with Crippen molar-refractivity contribution in [1.29, 1.82) is 0 Å². The summed E-state index contributed by atoms with van der Waals surface area (Å²) in [4.78, 5) is 37.6. The largest absolute Gasteiger partial charge is 0.477 e. The Morgan fingerprint density at radius 1 is 0.345 bits per heavy atom. The summed E-state index contributed by atoms with van der Waals surface area (Å²) in [6.45, 7) is 4.56. The number of ether oxygens (including phenoxy) is 4. The molecule has 0 heterocycles. The van der Waals surface area contributed by atoms with Crippen molar-refractivity contribution in [3.8, 4) is 0 Å². The van der Waals surface area contributed by atoms with Gasteiger partial charge in [0.1, 0.15) is 13.2 Å². The third-order valence-corrected chi connectivity index (χ3v) is 13.3. The lowest BCUT2D eigenvalue weighted by Gasteiger charge is -2.25. The number of aliphatic carboxylic acids is 1. The van der Waals surface area contributed by atoms with Crippen LogP contribution in [0.15, 0.2) is 194 Å². The Hall–Kier alpha value is -5.87. The Morgan fingerprint density at radius 3 is 0.943 bits per heavy atom. The Kier molecular flexibility index (Phi) is 61.6. The number of hydrogen-bond acceptors (Lipinski definition) is 7. The Labute approximate surface area is 532 Å². The molecule has 87 heavy (non-hydrogen) atoms. The number of nitrogens with zero attached hydrogens (tertiary/aromatic N) is 1. The van der Waals surface area contributed by atoms with Crippen LogP contribution in [0.3, 0.4) is 0 Å². The van der Waals surface area contributed by atoms with Crippen LogP contribution in [0.4, 0.5) is 0 Å². The average Bonchev–Trinajstić information content (AvgIpc) is 3.59. The molecule has 2 atom stereocenters. The summed E-state index contributed by atoms with van der Waals surface area (Å²) in [6, 6.07) is 0. The number of unbranched alkanes of at least 4 members (excludes halogenated alkanes) is 12. The van der Waals surface area contributed by atoms with Crippen LogP contribution in [0.2, 0.25) is 0 Å². The van der Waals surface area contributed by atoms with Crippen LogP contribution in [-0.4, -0.2) is 87.4 Å². The first-order valence-electron chi connectivity index (χ1n) is 33.6. The molecule has 2 unspecified atom stereocenters. The summed E-state index contributed by atoms with van der Waals surface area (Å²) in [5.74, 6) is -2.10. The van der Waals surface area contributed by atoms with E-state index >= 15 is 0 Å². The minimum Gasteiger partial charge on any atom is -0.477 e. The molecule has 0 aliphatic carbocycles. The van der Waals surface area contributed by atoms with E-state index in [0.717, 1.165) is 148 Å². The van der Waals surface area contributed by atoms with Crippen molar-refractivity contribution >= 4 is 17.9 Å². The molecule has 0 aromatic rings. The zero-order valence-corrected chi connectivity index (χ0v) is 55.3. The lowest BCUT2D eigenvalue weighted by molar-refractivity contribution is -0.870. The van der Waals surface area contributed by atoms with Gasteiger partial charge in [0.15, 0.2) is 6.10 Å². The zero-order chi connectivity index (χ0) is 63.3. The topological polar surface area (TPSA) is 108 Å². The molecule has 0 aromatic heterocycles. The fourth-order valence-electron chi connectivity index (χ4n) is 8.28. The molecular formula is C78H122NO8+. The molecule has 486 valence electrons. The number of carbonyl (C=O) groups is 3. The van der Waals surface area contributed by atoms with Crippen molar-refractivity contribution in [2.75, 3.05) is 47.5 Å². The van der Waals surface area contributed by atoms with E-state index in [1.807, 2.05) is 21.1 Å². The molecule has 0 saturated heterocycles. The fraction of sp³-hybridized carbons (Fsp3) is 0.551. The van der Waals surface area contributed by atoms with Gasteiger partial charge in [-0.15, -0.1) is 0 Å². The number of quaternary nitrogens is 1. The molecule has 0 rings (SSSR count). The van der Waals surface area contributed by atoms with Gasteiger partial charge in [-0.3, -0.25) is 9.59 Å². The lowest BCUT2D eigenvalue weighted by Crippen LogP contribution is -2.40. The van der Waals surface area contributed by atoms with Gasteiger partial charge in [0.2, 0.25) is 0 Å². The highest BCUT2D eigenvalue weighted by atomic mass is 16.7. The van der Waals surface area contributed by atoms with Crippen LogP contribution < -0.4 is 0 Å². The van der Waals surface area contributed by atoms with Crippen molar-refractivity contribution in [3.63, 3.8) is 0 Å². The highest BCUT2D eigenvalue weighted by Gasteiger charge is 2.25. The van der Waals surface area contributed by atoms with Crippen molar-refractivity contribution in [2.45, 2.75) is 232 Å². The molecule has 0 saturated carbocycles. The quantitative estimate of drug-likeness (QED) is 0.0211. The number of carboxylic acid groups (broad SMARTS) is 1. The van der Waals surface area contributed by atoms with E-state index < -0.39 is 24.3 Å². The smallest absolute Gasteiger partial charge is 0.361 e. The summed E-state index contributed by atoms with van der Waals surface area (Å²) in [5, 5.41) is 9.74. The van der Waals surface area contributed by atoms with Crippen molar-refractivity contribution in [1.82, 2.24) is 0 Å². The molecule has 0 bridgehead atoms. The maximum Gasteiger partial charge on any atom is 0.361 e. The predicted molar refractivity (Wildman–Crippen MR) is 372 cm³/mol. The number of esters is 2. The molecule has 0 fully saturated rings. The molecular weight excluding hydrogens is 1080 g/mol. The van der Waals surface area contributed by atoms with E-state index in [0.29, 0.717) is 17.4 Å². The molecule has 0 amide bonds. The highest BCUT2D eigenvalue weighted by molar-refractivity contribution is 5.71. The fourth-order valence-corrected chi connectivity index (χ4v) is 8.28. The summed E-state index contributed by atoms with van der Waals surface area (Å²) < 4.78 is 22.9. The van der Waals surface area contributed by atoms with Crippen LogP contribution in [0.5, 0.6) is 0 Å². The summed E-state index contributed by atoms with van der Waals surface area (Å²) in [7, 11) is 5.94. The van der Waals surface area contributed by atoms with Gasteiger partial charge in [-0.05, 0) is 141 Å². The molecule has 0 spiro atoms. The monoisotopic (exact) mass is 1200 g/mol. The maximum atomic E-state index is 12.9. The third-order valence-electron chi connectivity index (χ3n) is 13.3. The normalized spacial score (nSPS) is 14.0. The highest BCUT2D eigenvalue weighted by Crippen LogP contribution is 2.14. The number of carbonyl (C=O) groups excluding carboxylic acids is 2. The van der Waals surface area contributed by atoms with E-state index in [1.165, 1.54) is 38.5 Å². The number of carboxylic acids is 1. The lowest BCUT2D eigenvalue weighted by atomic mass is 10.1. The minimum absolute atomic E-state index is 0.167. The van der Waals surface area contributed by atoms with Crippen LogP contribution >= 0.6 is 0 Å². The molecule has 1 N–H and O–H groups in total. The zero-order valence-electron chi connectivity index (χ0n) is 55.3. The Bertz CT molecular complexity index is 2130. The van der Waals surface area contributed by atoms with Gasteiger partial charge in [0.25, 0.3) is 6.29 Å². The number of likely N-dealkylation sites (N-methyl/N-ethyl adjacent to an activating group) is 1. The molecule has 0 radical (unpaired) electrons. The first-order valence-corrected chi connectivity index (χ1v) is 33.6. The number of hydrogen-bond donors (Lipinski definition) is 1. The summed E-state index contributed by atoms with van der Waals surface area (Å²) >= 11 is 0. The second-order valence-corrected chi connectivity index (χ2v) is 22.7. The van der Waals surface area contributed by atoms with E-state index in [-0.39, 0.29) is 38.6 Å². The van der Waals surface area contributed by atoms with Crippen LogP contribution in [-0.2, 0) is 33.3 Å². The average molecular weight is 1200 g/mol. The first kappa shape index (κ1) is 81.1. The maximum absolute atomic E-state index is 12.9. The van der Waals surface area contributed by atoms with Gasteiger partial charge < -0.3 is 28.5 Å². The van der Waals surface area contributed by atoms with E-state index in [1.54, 1.807) is 0 Å².